The highest BCUT2D eigenvalue weighted by atomic mass is 16.5. The summed E-state index contributed by atoms with van der Waals surface area (Å²) in [4.78, 5) is 23.5. The first-order chi connectivity index (χ1) is 13.8. The van der Waals surface area contributed by atoms with Crippen molar-refractivity contribution in [2.24, 2.45) is 5.92 Å². The lowest BCUT2D eigenvalue weighted by atomic mass is 9.97. The van der Waals surface area contributed by atoms with Crippen LogP contribution in [0.15, 0.2) is 17.7 Å². The maximum atomic E-state index is 12.1. The first kappa shape index (κ1) is 22.5. The zero-order chi connectivity index (χ0) is 21.6. The van der Waals surface area contributed by atoms with Crippen LogP contribution in [0.1, 0.15) is 32.3 Å². The van der Waals surface area contributed by atoms with Gasteiger partial charge in [0.15, 0.2) is 11.5 Å². The number of benzene rings is 1. The topological polar surface area (TPSA) is 103 Å². The molecule has 1 unspecified atom stereocenters. The summed E-state index contributed by atoms with van der Waals surface area (Å²) in [5, 5.41) is 12.5. The molecule has 0 aliphatic carbocycles. The molecule has 2 rings (SSSR count). The fraction of sp³-hybridized carbons (Fsp3) is 0.524. The summed E-state index contributed by atoms with van der Waals surface area (Å²) in [6, 6.07) is 2.97. The summed E-state index contributed by atoms with van der Waals surface area (Å²) >= 11 is 0. The molecule has 1 aromatic rings. The lowest BCUT2D eigenvalue weighted by Crippen LogP contribution is -2.42. The van der Waals surface area contributed by atoms with Gasteiger partial charge in [0.2, 0.25) is 0 Å². The molecule has 0 saturated heterocycles. The minimum absolute atomic E-state index is 0.222. The van der Waals surface area contributed by atoms with E-state index in [1.54, 1.807) is 19.2 Å². The normalized spacial score (nSPS) is 16.3. The molecule has 1 aliphatic heterocycles. The number of nitrogens with one attached hydrogen (secondary N) is 1. The van der Waals surface area contributed by atoms with Crippen LogP contribution < -0.4 is 19.5 Å². The summed E-state index contributed by atoms with van der Waals surface area (Å²) in [6.07, 6.45) is 1.51. The van der Waals surface area contributed by atoms with Crippen LogP contribution in [-0.4, -0.2) is 57.1 Å². The van der Waals surface area contributed by atoms with Crippen molar-refractivity contribution in [1.82, 2.24) is 5.32 Å². The molecule has 8 nitrogen and oxygen atoms in total. The predicted octanol–water partition coefficient (Wildman–Crippen LogP) is 2.50. The molecule has 0 spiro atoms. The van der Waals surface area contributed by atoms with Crippen molar-refractivity contribution < 1.29 is 33.6 Å². The van der Waals surface area contributed by atoms with Crippen LogP contribution >= 0.6 is 0 Å². The van der Waals surface area contributed by atoms with Crippen LogP contribution in [0.2, 0.25) is 0 Å². The van der Waals surface area contributed by atoms with Gasteiger partial charge in [-0.1, -0.05) is 13.8 Å². The number of ether oxygens (including phenoxy) is 4. The Balaban J connectivity index is 2.36. The predicted molar refractivity (Wildman–Crippen MR) is 107 cm³/mol. The summed E-state index contributed by atoms with van der Waals surface area (Å²) < 4.78 is 21.7. The molecule has 0 saturated carbocycles. The first-order valence-electron chi connectivity index (χ1n) is 9.45. The van der Waals surface area contributed by atoms with Crippen molar-refractivity contribution in [3.05, 3.63) is 23.3 Å². The summed E-state index contributed by atoms with van der Waals surface area (Å²) in [7, 11) is 4.42. The van der Waals surface area contributed by atoms with Gasteiger partial charge >= 0.3 is 11.9 Å². The van der Waals surface area contributed by atoms with E-state index < -0.39 is 18.1 Å². The van der Waals surface area contributed by atoms with Gasteiger partial charge in [-0.15, -0.1) is 0 Å². The Labute approximate surface area is 170 Å². The Bertz CT molecular complexity index is 773. The second-order valence-corrected chi connectivity index (χ2v) is 7.22. The third kappa shape index (κ3) is 5.63. The summed E-state index contributed by atoms with van der Waals surface area (Å²) in [5.41, 5.74) is 1.37. The zero-order valence-electron chi connectivity index (χ0n) is 17.5. The average Bonchev–Trinajstić information content (AvgIpc) is 2.68. The smallest absolute Gasteiger partial charge is 0.322 e. The number of hydrogen-bond acceptors (Lipinski definition) is 7. The molecule has 8 heteroatoms. The average molecular weight is 407 g/mol. The highest BCUT2D eigenvalue weighted by Gasteiger charge is 2.30. The molecule has 0 aromatic heterocycles. The van der Waals surface area contributed by atoms with Gasteiger partial charge in [0, 0.05) is 6.54 Å². The number of carboxylic acids is 1. The Hall–Kier alpha value is -2.74. The number of hydrogen-bond donors (Lipinski definition) is 2. The van der Waals surface area contributed by atoms with Crippen molar-refractivity contribution in [2.45, 2.75) is 38.8 Å². The Morgan fingerprint density at radius 2 is 1.83 bits per heavy atom. The van der Waals surface area contributed by atoms with Gasteiger partial charge in [0.25, 0.3) is 0 Å². The fourth-order valence-electron chi connectivity index (χ4n) is 3.27. The highest BCUT2D eigenvalue weighted by Crippen LogP contribution is 2.43. The Morgan fingerprint density at radius 1 is 1.17 bits per heavy atom. The molecule has 2 atom stereocenters. The molecule has 2 N–H and O–H groups in total. The molecular formula is C21H29NO7. The molecule has 160 valence electrons. The van der Waals surface area contributed by atoms with Crippen LogP contribution in [0, 0.1) is 5.92 Å². The van der Waals surface area contributed by atoms with Crippen molar-refractivity contribution in [3.63, 3.8) is 0 Å². The van der Waals surface area contributed by atoms with Gasteiger partial charge in [-0.3, -0.25) is 9.59 Å². The van der Waals surface area contributed by atoms with Gasteiger partial charge in [0.05, 0.1) is 33.3 Å². The number of carbonyl (C=O) groups excluding carboxylic acids is 1. The van der Waals surface area contributed by atoms with E-state index >= 15 is 0 Å². The molecule has 1 aromatic carbocycles. The van der Waals surface area contributed by atoms with E-state index in [1.807, 2.05) is 19.9 Å². The second-order valence-electron chi connectivity index (χ2n) is 7.22. The van der Waals surface area contributed by atoms with E-state index in [1.165, 1.54) is 14.2 Å². The highest BCUT2D eigenvalue weighted by molar-refractivity contribution is 5.77. The number of methoxy groups -OCH3 is 3. The van der Waals surface area contributed by atoms with Crippen LogP contribution in [0.3, 0.4) is 0 Å². The number of aliphatic carboxylic acids is 1. The monoisotopic (exact) mass is 407 g/mol. The van der Waals surface area contributed by atoms with E-state index in [0.717, 1.165) is 0 Å². The molecule has 0 bridgehead atoms. The van der Waals surface area contributed by atoms with E-state index in [9.17, 15) is 14.7 Å². The molecule has 1 heterocycles. The maximum absolute atomic E-state index is 12.1. The van der Waals surface area contributed by atoms with Crippen LogP contribution in [0.25, 0.3) is 6.08 Å². The minimum atomic E-state index is -0.988. The van der Waals surface area contributed by atoms with E-state index in [2.05, 4.69) is 5.32 Å². The van der Waals surface area contributed by atoms with E-state index in [4.69, 9.17) is 18.9 Å². The lowest BCUT2D eigenvalue weighted by molar-refractivity contribution is -0.143. The van der Waals surface area contributed by atoms with Crippen molar-refractivity contribution in [1.29, 1.82) is 0 Å². The molecule has 29 heavy (non-hydrogen) atoms. The molecule has 0 fully saturated rings. The van der Waals surface area contributed by atoms with Crippen molar-refractivity contribution in [2.75, 3.05) is 27.9 Å². The van der Waals surface area contributed by atoms with Crippen molar-refractivity contribution in [3.8, 4) is 17.2 Å². The molecule has 1 aliphatic rings. The summed E-state index contributed by atoms with van der Waals surface area (Å²) in [5.74, 6) is 0.450. The first-order valence-corrected chi connectivity index (χ1v) is 9.45. The van der Waals surface area contributed by atoms with Gasteiger partial charge in [-0.2, -0.15) is 0 Å². The zero-order valence-corrected chi connectivity index (χ0v) is 17.5. The third-order valence-corrected chi connectivity index (χ3v) is 4.67. The summed E-state index contributed by atoms with van der Waals surface area (Å²) in [6.45, 7) is 4.30. The Kier molecular flexibility index (Phi) is 7.90. The van der Waals surface area contributed by atoms with E-state index in [0.29, 0.717) is 34.8 Å². The lowest BCUT2D eigenvalue weighted by Gasteiger charge is -2.29. The number of carboxylic acid groups (broad SMARTS) is 1. The Morgan fingerprint density at radius 3 is 2.38 bits per heavy atom. The quantitative estimate of drug-likeness (QED) is 0.570. The maximum Gasteiger partial charge on any atom is 0.322 e. The number of carbonyl (C=O) groups is 2. The SMILES string of the molecule is COC(=O)[C@H](CC(C)C)NCC1=Cc2c(OC)ccc(OC)c2OC1CC(=O)O. The number of rotatable bonds is 10. The van der Waals surface area contributed by atoms with Gasteiger partial charge in [0.1, 0.15) is 17.9 Å². The molecular weight excluding hydrogens is 378 g/mol. The van der Waals surface area contributed by atoms with Crippen LogP contribution in [-0.2, 0) is 14.3 Å². The minimum Gasteiger partial charge on any atom is -0.496 e. The van der Waals surface area contributed by atoms with Gasteiger partial charge in [-0.25, -0.2) is 0 Å². The second kappa shape index (κ2) is 10.2. The fourth-order valence-corrected chi connectivity index (χ4v) is 3.27. The standard InChI is InChI=1S/C21H29NO7/c1-12(2)8-15(21(25)28-5)22-11-13-9-14-16(26-3)6-7-17(27-4)20(14)29-18(13)10-19(23)24/h6-7,9,12,15,18,22H,8,10-11H2,1-5H3,(H,23,24)/t15-,18?/m0/s1. The molecule has 0 amide bonds. The largest absolute Gasteiger partial charge is 0.496 e. The van der Waals surface area contributed by atoms with Crippen molar-refractivity contribution >= 4 is 18.0 Å². The van der Waals surface area contributed by atoms with E-state index in [-0.39, 0.29) is 24.9 Å². The van der Waals surface area contributed by atoms with Crippen LogP contribution in [0.5, 0.6) is 17.2 Å². The third-order valence-electron chi connectivity index (χ3n) is 4.67. The van der Waals surface area contributed by atoms with Gasteiger partial charge < -0.3 is 29.4 Å². The number of esters is 1. The number of fused-ring (bicyclic) bond motifs is 1. The van der Waals surface area contributed by atoms with Gasteiger partial charge in [-0.05, 0) is 36.1 Å². The molecule has 0 radical (unpaired) electrons. The van der Waals surface area contributed by atoms with Crippen LogP contribution in [0.4, 0.5) is 0 Å².